The normalized spacial score (nSPS) is 12.4. The second kappa shape index (κ2) is 6.17. The third kappa shape index (κ3) is 3.33. The number of aryl methyl sites for hydroxylation is 1. The molecule has 102 valence electrons. The molecule has 0 aliphatic carbocycles. The fourth-order valence-electron chi connectivity index (χ4n) is 2.15. The molecule has 0 aliphatic rings. The van der Waals surface area contributed by atoms with E-state index >= 15 is 0 Å². The van der Waals surface area contributed by atoms with E-state index in [0.717, 1.165) is 17.7 Å². The van der Waals surface area contributed by atoms with Crippen molar-refractivity contribution in [2.24, 2.45) is 5.73 Å². The van der Waals surface area contributed by atoms with Crippen molar-refractivity contribution in [1.29, 1.82) is 0 Å². The van der Waals surface area contributed by atoms with Crippen LogP contribution in [0.1, 0.15) is 23.1 Å². The van der Waals surface area contributed by atoms with Crippen molar-refractivity contribution < 1.29 is 0 Å². The van der Waals surface area contributed by atoms with Crippen molar-refractivity contribution in [3.8, 4) is 0 Å². The Labute approximate surface area is 119 Å². The Morgan fingerprint density at radius 1 is 1.47 bits per heavy atom. The van der Waals surface area contributed by atoms with Crippen molar-refractivity contribution in [3.05, 3.63) is 45.9 Å². The lowest BCUT2D eigenvalue weighted by atomic mass is 10.1. The van der Waals surface area contributed by atoms with Crippen LogP contribution in [0.4, 0.5) is 5.69 Å². The van der Waals surface area contributed by atoms with Gasteiger partial charge in [0.1, 0.15) is 0 Å². The first-order valence-corrected chi connectivity index (χ1v) is 7.40. The molecule has 4 heteroatoms. The van der Waals surface area contributed by atoms with Gasteiger partial charge in [-0.05, 0) is 31.4 Å². The van der Waals surface area contributed by atoms with Gasteiger partial charge >= 0.3 is 0 Å². The summed E-state index contributed by atoms with van der Waals surface area (Å²) in [7, 11) is 2.13. The summed E-state index contributed by atoms with van der Waals surface area (Å²) in [5.74, 6) is 0. The van der Waals surface area contributed by atoms with Crippen molar-refractivity contribution in [2.75, 3.05) is 11.9 Å². The van der Waals surface area contributed by atoms with E-state index in [1.54, 1.807) is 0 Å². The van der Waals surface area contributed by atoms with E-state index in [4.69, 9.17) is 5.73 Å². The van der Waals surface area contributed by atoms with Gasteiger partial charge in [-0.1, -0.05) is 6.07 Å². The van der Waals surface area contributed by atoms with Crippen molar-refractivity contribution in [3.63, 3.8) is 0 Å². The minimum Gasteiger partial charge on any atom is -0.371 e. The first kappa shape index (κ1) is 14.0. The molecule has 0 bridgehead atoms. The van der Waals surface area contributed by atoms with Gasteiger partial charge in [0.2, 0.25) is 0 Å². The highest BCUT2D eigenvalue weighted by atomic mass is 32.1. The van der Waals surface area contributed by atoms with E-state index in [-0.39, 0.29) is 0 Å². The Hall–Kier alpha value is -1.39. The van der Waals surface area contributed by atoms with Crippen molar-refractivity contribution in [1.82, 2.24) is 4.98 Å². The maximum atomic E-state index is 5.81. The maximum absolute atomic E-state index is 5.81. The summed E-state index contributed by atoms with van der Waals surface area (Å²) in [5.41, 5.74) is 9.14. The summed E-state index contributed by atoms with van der Waals surface area (Å²) in [4.78, 5) is 8.04. The SMILES string of the molecule is Cc1cc(N(C)C(C)Cc2cccs2)c(CN)cn1. The summed E-state index contributed by atoms with van der Waals surface area (Å²) in [6.07, 6.45) is 2.94. The van der Waals surface area contributed by atoms with Gasteiger partial charge in [0, 0.05) is 54.1 Å². The number of hydrogen-bond acceptors (Lipinski definition) is 4. The van der Waals surface area contributed by atoms with Crippen LogP contribution in [-0.4, -0.2) is 18.1 Å². The van der Waals surface area contributed by atoms with Crippen molar-refractivity contribution >= 4 is 17.0 Å². The predicted molar refractivity (Wildman–Crippen MR) is 82.8 cm³/mol. The number of nitrogens with two attached hydrogens (primary N) is 1. The highest BCUT2D eigenvalue weighted by Gasteiger charge is 2.14. The second-order valence-corrected chi connectivity index (χ2v) is 5.93. The van der Waals surface area contributed by atoms with Gasteiger partial charge in [-0.3, -0.25) is 4.98 Å². The van der Waals surface area contributed by atoms with Crippen LogP contribution in [0, 0.1) is 6.92 Å². The van der Waals surface area contributed by atoms with Gasteiger partial charge in [-0.2, -0.15) is 0 Å². The van der Waals surface area contributed by atoms with Crippen LogP contribution in [0.25, 0.3) is 0 Å². The van der Waals surface area contributed by atoms with E-state index in [1.807, 2.05) is 24.5 Å². The summed E-state index contributed by atoms with van der Waals surface area (Å²) < 4.78 is 0. The monoisotopic (exact) mass is 275 g/mol. The summed E-state index contributed by atoms with van der Waals surface area (Å²) in [6, 6.07) is 6.85. The maximum Gasteiger partial charge on any atom is 0.0445 e. The lowest BCUT2D eigenvalue weighted by Crippen LogP contribution is -2.31. The standard InChI is InChI=1S/C15H21N3S/c1-11-7-15(13(9-16)10-17-11)18(3)12(2)8-14-5-4-6-19-14/h4-7,10,12H,8-9,16H2,1-3H3. The average Bonchev–Trinajstić information content (AvgIpc) is 2.90. The zero-order valence-corrected chi connectivity index (χ0v) is 12.6. The number of anilines is 1. The summed E-state index contributed by atoms with van der Waals surface area (Å²) in [5, 5.41) is 2.13. The molecule has 2 rings (SSSR count). The summed E-state index contributed by atoms with van der Waals surface area (Å²) in [6.45, 7) is 4.79. The molecule has 2 N–H and O–H groups in total. The highest BCUT2D eigenvalue weighted by Crippen LogP contribution is 2.23. The lowest BCUT2D eigenvalue weighted by molar-refractivity contribution is 0.684. The Morgan fingerprint density at radius 3 is 2.89 bits per heavy atom. The predicted octanol–water partition coefficient (Wildman–Crippen LogP) is 2.98. The molecular formula is C15H21N3S. The minimum atomic E-state index is 0.436. The van der Waals surface area contributed by atoms with Gasteiger partial charge < -0.3 is 10.6 Å². The molecule has 0 saturated heterocycles. The zero-order valence-electron chi connectivity index (χ0n) is 11.8. The minimum absolute atomic E-state index is 0.436. The number of aromatic nitrogens is 1. The van der Waals surface area contributed by atoms with Crippen LogP contribution in [0.5, 0.6) is 0 Å². The Kier molecular flexibility index (Phi) is 4.56. The molecule has 2 aromatic heterocycles. The molecule has 19 heavy (non-hydrogen) atoms. The second-order valence-electron chi connectivity index (χ2n) is 4.90. The van der Waals surface area contributed by atoms with Crippen LogP contribution in [-0.2, 0) is 13.0 Å². The number of thiophene rings is 1. The Bertz CT molecular complexity index is 522. The molecule has 0 aliphatic heterocycles. The topological polar surface area (TPSA) is 42.1 Å². The molecule has 1 atom stereocenters. The molecular weight excluding hydrogens is 254 g/mol. The number of pyridine rings is 1. The Balaban J connectivity index is 2.18. The number of nitrogens with zero attached hydrogens (tertiary/aromatic N) is 2. The van der Waals surface area contributed by atoms with E-state index in [2.05, 4.69) is 47.4 Å². The number of likely N-dealkylation sites (N-methyl/N-ethyl adjacent to an activating group) is 1. The van der Waals surface area contributed by atoms with E-state index in [1.165, 1.54) is 10.6 Å². The Morgan fingerprint density at radius 2 is 2.26 bits per heavy atom. The highest BCUT2D eigenvalue weighted by molar-refractivity contribution is 7.09. The number of hydrogen-bond donors (Lipinski definition) is 1. The van der Waals surface area contributed by atoms with Crippen molar-refractivity contribution in [2.45, 2.75) is 32.9 Å². The average molecular weight is 275 g/mol. The van der Waals surface area contributed by atoms with Gasteiger partial charge in [0.25, 0.3) is 0 Å². The molecule has 0 radical (unpaired) electrons. The largest absolute Gasteiger partial charge is 0.371 e. The molecule has 2 aromatic rings. The zero-order chi connectivity index (χ0) is 13.8. The molecule has 0 amide bonds. The summed E-state index contributed by atoms with van der Waals surface area (Å²) >= 11 is 1.81. The van der Waals surface area contributed by atoms with Crippen LogP contribution in [0.15, 0.2) is 29.8 Å². The van der Waals surface area contributed by atoms with Crippen LogP contribution in [0.2, 0.25) is 0 Å². The van der Waals surface area contributed by atoms with Gasteiger partial charge in [0.05, 0.1) is 0 Å². The molecule has 0 spiro atoms. The van der Waals surface area contributed by atoms with Gasteiger partial charge in [-0.15, -0.1) is 11.3 Å². The van der Waals surface area contributed by atoms with Gasteiger partial charge in [-0.25, -0.2) is 0 Å². The van der Waals surface area contributed by atoms with Crippen LogP contribution >= 0.6 is 11.3 Å². The van der Waals surface area contributed by atoms with Gasteiger partial charge in [0.15, 0.2) is 0 Å². The quantitative estimate of drug-likeness (QED) is 0.912. The van der Waals surface area contributed by atoms with Crippen LogP contribution < -0.4 is 10.6 Å². The smallest absolute Gasteiger partial charge is 0.0445 e. The molecule has 0 fully saturated rings. The first-order chi connectivity index (χ1) is 9.11. The van der Waals surface area contributed by atoms with E-state index in [9.17, 15) is 0 Å². The van der Waals surface area contributed by atoms with E-state index < -0.39 is 0 Å². The third-order valence-electron chi connectivity index (χ3n) is 3.44. The van der Waals surface area contributed by atoms with Crippen LogP contribution in [0.3, 0.4) is 0 Å². The first-order valence-electron chi connectivity index (χ1n) is 6.52. The van der Waals surface area contributed by atoms with E-state index in [0.29, 0.717) is 12.6 Å². The molecule has 0 aromatic carbocycles. The molecule has 0 saturated carbocycles. The fraction of sp³-hybridized carbons (Fsp3) is 0.400. The molecule has 1 unspecified atom stereocenters. The third-order valence-corrected chi connectivity index (χ3v) is 4.34. The molecule has 3 nitrogen and oxygen atoms in total. The number of rotatable bonds is 5. The molecule has 2 heterocycles. The lowest BCUT2D eigenvalue weighted by Gasteiger charge is -2.28. The fourth-order valence-corrected chi connectivity index (χ4v) is 2.98.